The summed E-state index contributed by atoms with van der Waals surface area (Å²) in [5.41, 5.74) is 0. The van der Waals surface area contributed by atoms with Crippen LogP contribution in [0.25, 0.3) is 0 Å². The highest BCUT2D eigenvalue weighted by Gasteiger charge is 2.63. The fraction of sp³-hybridized carbons (Fsp3) is 1.00. The summed E-state index contributed by atoms with van der Waals surface area (Å²) in [4.78, 5) is 0. The van der Waals surface area contributed by atoms with Gasteiger partial charge in [-0.25, -0.2) is 0 Å². The third-order valence-corrected chi connectivity index (χ3v) is 140. The average Bonchev–Trinajstić information content (AvgIpc) is 1.81. The molecule has 86 valence electrons. The van der Waals surface area contributed by atoms with Crippen LogP contribution in [0.3, 0.4) is 0 Å². The van der Waals surface area contributed by atoms with E-state index in [1.54, 1.807) is 0 Å². The summed E-state index contributed by atoms with van der Waals surface area (Å²) in [6.45, 7) is 14.7. The summed E-state index contributed by atoms with van der Waals surface area (Å²) < 4.78 is -2.94. The summed E-state index contributed by atoms with van der Waals surface area (Å²) in [5, 5.41) is 0. The van der Waals surface area contributed by atoms with Gasteiger partial charge in [-0.15, -0.1) is 61.2 Å². The monoisotopic (exact) mass is 518 g/mol. The van der Waals surface area contributed by atoms with Crippen molar-refractivity contribution >= 4 is 85.0 Å². The quantitative estimate of drug-likeness (QED) is 0.346. The lowest BCUT2D eigenvalue weighted by Gasteiger charge is -2.45. The van der Waals surface area contributed by atoms with E-state index < -0.39 is 23.9 Å². The van der Waals surface area contributed by atoms with Gasteiger partial charge in [-0.1, -0.05) is 39.3 Å². The number of halogens is 4. The Balaban J connectivity index is 5.30. The maximum absolute atomic E-state index is 4.08. The molecule has 0 atom stereocenters. The zero-order chi connectivity index (χ0) is 12.0. The van der Waals surface area contributed by atoms with Gasteiger partial charge in [0, 0.05) is 0 Å². The first-order valence-electron chi connectivity index (χ1n) is 4.51. The minimum atomic E-state index is -1.47. The van der Waals surface area contributed by atoms with Gasteiger partial charge >= 0.3 is 0 Å². The third kappa shape index (κ3) is 3.17. The summed E-state index contributed by atoms with van der Waals surface area (Å²) in [6.07, 6.45) is 0. The Morgan fingerprint density at radius 3 is 0.714 bits per heavy atom. The lowest BCUT2D eigenvalue weighted by atomic mass is 11.8. The van der Waals surface area contributed by atoms with Crippen molar-refractivity contribution in [3.8, 4) is 0 Å². The second-order valence-corrected chi connectivity index (χ2v) is 76.2. The van der Waals surface area contributed by atoms with Gasteiger partial charge in [0.2, 0.25) is 8.70 Å². The molecule has 0 aliphatic rings. The first-order valence-corrected chi connectivity index (χ1v) is 27.5. The van der Waals surface area contributed by atoms with Crippen molar-refractivity contribution in [3.05, 3.63) is 0 Å². The van der Waals surface area contributed by atoms with Gasteiger partial charge in [-0.05, 0) is 0 Å². The predicted octanol–water partition coefficient (Wildman–Crippen LogP) is 5.36. The summed E-state index contributed by atoms with van der Waals surface area (Å²) >= 11 is 16.3. The second kappa shape index (κ2) is 4.81. The molecule has 0 nitrogen and oxygen atoms in total. The molecule has 0 aliphatic carbocycles. The van der Waals surface area contributed by atoms with E-state index in [0.717, 1.165) is 0 Å². The maximum atomic E-state index is 4.08. The first kappa shape index (κ1) is 16.8. The van der Waals surface area contributed by atoms with Crippen LogP contribution >= 0.6 is 61.2 Å². The Morgan fingerprint density at radius 1 is 0.500 bits per heavy atom. The topological polar surface area (TPSA) is 0 Å². The molecule has 8 heteroatoms. The second-order valence-electron chi connectivity index (χ2n) is 5.65. The minimum Gasteiger partial charge on any atom is -0.116 e. The Hall–Kier alpha value is 2.79. The molecule has 0 saturated heterocycles. The predicted molar refractivity (Wildman–Crippen MR) is 93.9 cm³/mol. The van der Waals surface area contributed by atoms with E-state index in [4.69, 9.17) is 0 Å². The van der Waals surface area contributed by atoms with Gasteiger partial charge in [0.1, 0.15) is 0 Å². The zero-order valence-corrected chi connectivity index (χ0v) is 19.9. The molecule has 0 spiro atoms. The van der Waals surface area contributed by atoms with E-state index in [9.17, 15) is 0 Å². The minimum absolute atomic E-state index is 1.16. The van der Waals surface area contributed by atoms with Crippen LogP contribution in [-0.4, -0.2) is 23.9 Å². The van der Waals surface area contributed by atoms with Crippen LogP contribution < -0.4 is 0 Å². The maximum Gasteiger partial charge on any atom is 0.203 e. The molecule has 0 unspecified atom stereocenters. The highest BCUT2D eigenvalue weighted by atomic mass is 79.9. The number of hydrogen-bond acceptors (Lipinski definition) is 0. The highest BCUT2D eigenvalue weighted by Crippen LogP contribution is 2.49. The Kier molecular flexibility index (Phi) is 5.77. The normalized spacial score (nSPS) is 15.9. The van der Waals surface area contributed by atoms with Gasteiger partial charge in [0.15, 0.2) is 0 Å². The first-order chi connectivity index (χ1) is 5.75. The van der Waals surface area contributed by atoms with Crippen molar-refractivity contribution in [2.24, 2.45) is 0 Å². The van der Waals surface area contributed by atoms with E-state index >= 15 is 0 Å². The van der Waals surface area contributed by atoms with Gasteiger partial charge < -0.3 is 0 Å². The molecule has 0 heterocycles. The van der Waals surface area contributed by atoms with Crippen molar-refractivity contribution in [3.63, 3.8) is 0 Å². The van der Waals surface area contributed by atoms with Crippen molar-refractivity contribution in [2.45, 2.75) is 39.3 Å². The molecule has 0 fully saturated rings. The van der Waals surface area contributed by atoms with Crippen LogP contribution in [-0.2, 0) is 0 Å². The molecule has 0 rings (SSSR count). The standard InChI is InChI=1S/C6H18Br4Si4/c1-11(2,3)13(7,8)14(9,10)12(4,5)6/h1-6H3. The Labute approximate surface area is 123 Å². The SMILES string of the molecule is C[Si](C)(C)[Si](Br)(Br)[Si](Br)(Br)[Si](C)(C)C. The molecular weight excluding hydrogens is 504 g/mol. The largest absolute Gasteiger partial charge is 0.203 e. The number of rotatable bonds is 3. The summed E-state index contributed by atoms with van der Waals surface area (Å²) in [7, 11) is -2.31. The van der Waals surface area contributed by atoms with Crippen LogP contribution in [0.5, 0.6) is 0 Å². The van der Waals surface area contributed by atoms with E-state index in [2.05, 4.69) is 100 Å². The molecule has 0 aromatic rings. The fourth-order valence-electron chi connectivity index (χ4n) is 0.942. The highest BCUT2D eigenvalue weighted by molar-refractivity contribution is 9.69. The molecule has 14 heavy (non-hydrogen) atoms. The molecule has 0 aromatic heterocycles. The lowest BCUT2D eigenvalue weighted by Crippen LogP contribution is -2.71. The fourth-order valence-corrected chi connectivity index (χ4v) is 110. The molecule has 0 bridgehead atoms. The molecule has 0 radical (unpaired) electrons. The molecule has 0 N–H and O–H groups in total. The summed E-state index contributed by atoms with van der Waals surface area (Å²) in [6, 6.07) is 0. The van der Waals surface area contributed by atoms with Gasteiger partial charge in [-0.3, -0.25) is 0 Å². The van der Waals surface area contributed by atoms with E-state index in [-0.39, 0.29) is 0 Å². The van der Waals surface area contributed by atoms with Crippen LogP contribution in [0.2, 0.25) is 39.3 Å². The zero-order valence-electron chi connectivity index (χ0n) is 9.51. The van der Waals surface area contributed by atoms with Crippen molar-refractivity contribution in [1.82, 2.24) is 0 Å². The van der Waals surface area contributed by atoms with Gasteiger partial charge in [-0.2, -0.15) is 0 Å². The van der Waals surface area contributed by atoms with Crippen LogP contribution in [0.1, 0.15) is 0 Å². The third-order valence-electron chi connectivity index (χ3n) is 2.28. The molecular formula is C6H18Br4Si4. The average molecular weight is 522 g/mol. The lowest BCUT2D eigenvalue weighted by molar-refractivity contribution is 1.84. The molecule has 0 aliphatic heterocycles. The smallest absolute Gasteiger partial charge is 0.116 e. The van der Waals surface area contributed by atoms with Gasteiger partial charge in [0.05, 0.1) is 15.2 Å². The van der Waals surface area contributed by atoms with Crippen molar-refractivity contribution in [1.29, 1.82) is 0 Å². The summed E-state index contributed by atoms with van der Waals surface area (Å²) in [5.74, 6) is 0. The van der Waals surface area contributed by atoms with Crippen LogP contribution in [0, 0.1) is 0 Å². The van der Waals surface area contributed by atoms with Gasteiger partial charge in [0.25, 0.3) is 0 Å². The Bertz CT molecular complexity index is 191. The van der Waals surface area contributed by atoms with E-state index in [1.165, 1.54) is 0 Å². The van der Waals surface area contributed by atoms with Crippen molar-refractivity contribution < 1.29 is 0 Å². The molecule has 0 amide bonds. The molecule has 0 saturated carbocycles. The molecule has 0 aromatic carbocycles. The van der Waals surface area contributed by atoms with Crippen LogP contribution in [0.4, 0.5) is 0 Å². The Morgan fingerprint density at radius 2 is 0.643 bits per heavy atom. The van der Waals surface area contributed by atoms with E-state index in [0.29, 0.717) is 0 Å². The number of hydrogen-bond donors (Lipinski definition) is 0. The van der Waals surface area contributed by atoms with E-state index in [1.807, 2.05) is 0 Å². The van der Waals surface area contributed by atoms with Crippen molar-refractivity contribution in [2.75, 3.05) is 0 Å². The van der Waals surface area contributed by atoms with Crippen LogP contribution in [0.15, 0.2) is 0 Å².